The van der Waals surface area contributed by atoms with Crippen molar-refractivity contribution in [3.8, 4) is 0 Å². The predicted octanol–water partition coefficient (Wildman–Crippen LogP) is 3.34. The molecular formula is C19H40IN3O3. The Bertz CT molecular complexity index is 351. The van der Waals surface area contributed by atoms with Gasteiger partial charge in [0.25, 0.3) is 0 Å². The van der Waals surface area contributed by atoms with Crippen molar-refractivity contribution in [2.45, 2.75) is 64.4 Å². The Morgan fingerprint density at radius 3 is 2.42 bits per heavy atom. The van der Waals surface area contributed by atoms with Crippen molar-refractivity contribution in [3.05, 3.63) is 0 Å². The molecule has 2 N–H and O–H groups in total. The summed E-state index contributed by atoms with van der Waals surface area (Å²) in [6.45, 7) is 9.58. The third-order valence-corrected chi connectivity index (χ3v) is 4.44. The van der Waals surface area contributed by atoms with Gasteiger partial charge in [0.1, 0.15) is 0 Å². The average Bonchev–Trinajstić information content (AvgIpc) is 2.64. The van der Waals surface area contributed by atoms with Gasteiger partial charge in [0.2, 0.25) is 0 Å². The van der Waals surface area contributed by atoms with Gasteiger partial charge in [-0.2, -0.15) is 0 Å². The summed E-state index contributed by atoms with van der Waals surface area (Å²) in [4.78, 5) is 4.82. The number of hydrogen-bond donors (Lipinski definition) is 2. The van der Waals surface area contributed by atoms with Gasteiger partial charge in [0, 0.05) is 33.4 Å². The third-order valence-electron chi connectivity index (χ3n) is 4.44. The van der Waals surface area contributed by atoms with E-state index in [0.29, 0.717) is 13.2 Å². The molecule has 0 radical (unpaired) electrons. The van der Waals surface area contributed by atoms with Gasteiger partial charge in [-0.25, -0.2) is 0 Å². The molecule has 0 aromatic rings. The molecule has 0 spiro atoms. The van der Waals surface area contributed by atoms with Gasteiger partial charge in [-0.05, 0) is 32.6 Å². The first kappa shape index (κ1) is 25.9. The van der Waals surface area contributed by atoms with Gasteiger partial charge in [0.05, 0.1) is 25.4 Å². The van der Waals surface area contributed by atoms with Gasteiger partial charge in [0.15, 0.2) is 5.96 Å². The molecule has 0 aliphatic heterocycles. The van der Waals surface area contributed by atoms with Gasteiger partial charge in [-0.1, -0.05) is 26.2 Å². The standard InChI is InChI=1S/C19H39N3O3.HI/c1-4-13-25-19(10-7-6-8-11-19)17-22-18(20-5-2)21-12-9-14-24-16-15-23-3;/h4-17H2,1-3H3,(H2,20,21,22);1H. The van der Waals surface area contributed by atoms with Crippen LogP contribution in [0.3, 0.4) is 0 Å². The summed E-state index contributed by atoms with van der Waals surface area (Å²) < 4.78 is 16.7. The van der Waals surface area contributed by atoms with E-state index in [2.05, 4.69) is 24.5 Å². The van der Waals surface area contributed by atoms with E-state index in [1.165, 1.54) is 19.3 Å². The van der Waals surface area contributed by atoms with Gasteiger partial charge in [-0.15, -0.1) is 24.0 Å². The highest BCUT2D eigenvalue weighted by molar-refractivity contribution is 14.0. The topological polar surface area (TPSA) is 64.1 Å². The van der Waals surface area contributed by atoms with Crippen molar-refractivity contribution >= 4 is 29.9 Å². The Morgan fingerprint density at radius 2 is 1.77 bits per heavy atom. The highest BCUT2D eigenvalue weighted by atomic mass is 127. The van der Waals surface area contributed by atoms with Crippen LogP contribution >= 0.6 is 24.0 Å². The minimum atomic E-state index is -0.0557. The summed E-state index contributed by atoms with van der Waals surface area (Å²) in [5, 5.41) is 6.73. The number of rotatable bonds is 13. The Kier molecular flexibility index (Phi) is 16.9. The van der Waals surface area contributed by atoms with E-state index < -0.39 is 0 Å². The zero-order valence-corrected chi connectivity index (χ0v) is 19.3. The first-order chi connectivity index (χ1) is 12.3. The van der Waals surface area contributed by atoms with Crippen molar-refractivity contribution in [2.75, 3.05) is 53.2 Å². The van der Waals surface area contributed by atoms with Crippen LogP contribution in [0, 0.1) is 0 Å². The molecule has 0 unspecified atom stereocenters. The number of guanidine groups is 1. The third kappa shape index (κ3) is 11.6. The van der Waals surface area contributed by atoms with E-state index in [9.17, 15) is 0 Å². The van der Waals surface area contributed by atoms with E-state index in [1.54, 1.807) is 7.11 Å². The van der Waals surface area contributed by atoms with Crippen LogP contribution in [0.25, 0.3) is 0 Å². The summed E-state index contributed by atoms with van der Waals surface area (Å²) in [5.41, 5.74) is -0.0557. The van der Waals surface area contributed by atoms with Crippen LogP contribution in [0.5, 0.6) is 0 Å². The molecule has 7 heteroatoms. The van der Waals surface area contributed by atoms with Crippen LogP contribution in [0.2, 0.25) is 0 Å². The Hall–Kier alpha value is -0.120. The number of hydrogen-bond acceptors (Lipinski definition) is 4. The monoisotopic (exact) mass is 485 g/mol. The largest absolute Gasteiger partial charge is 0.382 e. The second kappa shape index (κ2) is 17.0. The number of ether oxygens (including phenoxy) is 3. The van der Waals surface area contributed by atoms with Gasteiger partial charge >= 0.3 is 0 Å². The predicted molar refractivity (Wildman–Crippen MR) is 119 cm³/mol. The first-order valence-electron chi connectivity index (χ1n) is 9.99. The summed E-state index contributed by atoms with van der Waals surface area (Å²) in [6, 6.07) is 0. The molecular weight excluding hydrogens is 445 g/mol. The molecule has 1 aliphatic rings. The van der Waals surface area contributed by atoms with E-state index in [0.717, 1.165) is 64.5 Å². The zero-order valence-electron chi connectivity index (χ0n) is 17.0. The minimum absolute atomic E-state index is 0. The van der Waals surface area contributed by atoms with Crippen molar-refractivity contribution in [1.29, 1.82) is 0 Å². The van der Waals surface area contributed by atoms with Crippen LogP contribution in [0.1, 0.15) is 58.8 Å². The molecule has 0 aromatic heterocycles. The fourth-order valence-corrected chi connectivity index (χ4v) is 3.05. The second-order valence-electron chi connectivity index (χ2n) is 6.67. The molecule has 1 saturated carbocycles. The SMILES string of the molecule is CCCOC1(CN=C(NCC)NCCCOCCOC)CCCCC1.I. The fourth-order valence-electron chi connectivity index (χ4n) is 3.05. The Balaban J connectivity index is 0.00000625. The molecule has 0 saturated heterocycles. The quantitative estimate of drug-likeness (QED) is 0.181. The van der Waals surface area contributed by atoms with E-state index in [1.807, 2.05) is 0 Å². The first-order valence-corrected chi connectivity index (χ1v) is 9.99. The smallest absolute Gasteiger partial charge is 0.191 e. The van der Waals surface area contributed by atoms with Crippen molar-refractivity contribution in [1.82, 2.24) is 10.6 Å². The van der Waals surface area contributed by atoms with Crippen LogP contribution in [-0.4, -0.2) is 64.7 Å². The van der Waals surface area contributed by atoms with Crippen LogP contribution < -0.4 is 10.6 Å². The molecule has 156 valence electrons. The van der Waals surface area contributed by atoms with E-state index in [-0.39, 0.29) is 29.6 Å². The number of nitrogens with zero attached hydrogens (tertiary/aromatic N) is 1. The summed E-state index contributed by atoms with van der Waals surface area (Å²) >= 11 is 0. The average molecular weight is 485 g/mol. The lowest BCUT2D eigenvalue weighted by atomic mass is 9.84. The van der Waals surface area contributed by atoms with Gasteiger partial charge in [-0.3, -0.25) is 4.99 Å². The number of methoxy groups -OCH3 is 1. The van der Waals surface area contributed by atoms with Crippen molar-refractivity contribution in [2.24, 2.45) is 4.99 Å². The number of aliphatic imine (C=N–C) groups is 1. The minimum Gasteiger partial charge on any atom is -0.382 e. The molecule has 26 heavy (non-hydrogen) atoms. The summed E-state index contributed by atoms with van der Waals surface area (Å²) in [6.07, 6.45) is 8.09. The van der Waals surface area contributed by atoms with Gasteiger partial charge < -0.3 is 24.8 Å². The Morgan fingerprint density at radius 1 is 1.00 bits per heavy atom. The molecule has 1 rings (SSSR count). The number of nitrogens with one attached hydrogen (secondary N) is 2. The fraction of sp³-hybridized carbons (Fsp3) is 0.947. The number of halogens is 1. The molecule has 0 atom stereocenters. The second-order valence-corrected chi connectivity index (χ2v) is 6.67. The molecule has 0 aromatic carbocycles. The molecule has 0 bridgehead atoms. The van der Waals surface area contributed by atoms with Crippen LogP contribution in [0.15, 0.2) is 4.99 Å². The highest BCUT2D eigenvalue weighted by Crippen LogP contribution is 2.32. The molecule has 0 amide bonds. The van der Waals surface area contributed by atoms with Crippen molar-refractivity contribution < 1.29 is 14.2 Å². The maximum atomic E-state index is 6.23. The maximum Gasteiger partial charge on any atom is 0.191 e. The Labute approximate surface area is 177 Å². The lowest BCUT2D eigenvalue weighted by Gasteiger charge is -2.36. The summed E-state index contributed by atoms with van der Waals surface area (Å²) in [7, 11) is 1.69. The molecule has 1 aliphatic carbocycles. The molecule has 0 heterocycles. The normalized spacial score (nSPS) is 16.8. The van der Waals surface area contributed by atoms with Crippen molar-refractivity contribution in [3.63, 3.8) is 0 Å². The zero-order chi connectivity index (χ0) is 18.2. The summed E-state index contributed by atoms with van der Waals surface area (Å²) in [5.74, 6) is 0.879. The molecule has 6 nitrogen and oxygen atoms in total. The lowest BCUT2D eigenvalue weighted by Crippen LogP contribution is -2.42. The molecule has 1 fully saturated rings. The lowest BCUT2D eigenvalue weighted by molar-refractivity contribution is -0.0624. The van der Waals surface area contributed by atoms with Crippen LogP contribution in [-0.2, 0) is 14.2 Å². The highest BCUT2D eigenvalue weighted by Gasteiger charge is 2.32. The van der Waals surface area contributed by atoms with Crippen LogP contribution in [0.4, 0.5) is 0 Å². The maximum absolute atomic E-state index is 6.23. The van der Waals surface area contributed by atoms with E-state index in [4.69, 9.17) is 19.2 Å². The van der Waals surface area contributed by atoms with E-state index >= 15 is 0 Å².